The van der Waals surface area contributed by atoms with Crippen molar-refractivity contribution in [3.8, 4) is 0 Å². The van der Waals surface area contributed by atoms with Crippen molar-refractivity contribution < 1.29 is 9.53 Å². The number of imidazole rings is 1. The van der Waals surface area contributed by atoms with Gasteiger partial charge in [0.1, 0.15) is 6.04 Å². The van der Waals surface area contributed by atoms with Crippen molar-refractivity contribution in [2.45, 2.75) is 38.6 Å². The molecule has 2 rings (SSSR count). The predicted molar refractivity (Wildman–Crippen MR) is 55.6 cm³/mol. The first-order valence-corrected chi connectivity index (χ1v) is 5.36. The van der Waals surface area contributed by atoms with Crippen LogP contribution < -0.4 is 0 Å². The van der Waals surface area contributed by atoms with Crippen molar-refractivity contribution in [2.24, 2.45) is 0 Å². The van der Waals surface area contributed by atoms with Gasteiger partial charge < -0.3 is 9.30 Å². The predicted octanol–water partition coefficient (Wildman–Crippen LogP) is 1.50. The summed E-state index contributed by atoms with van der Waals surface area (Å²) in [5, 5.41) is 0. The van der Waals surface area contributed by atoms with Gasteiger partial charge in [0.25, 0.3) is 0 Å². The molecule has 15 heavy (non-hydrogen) atoms. The molecular weight excluding hydrogens is 192 g/mol. The summed E-state index contributed by atoms with van der Waals surface area (Å²) in [4.78, 5) is 15.8. The Balaban J connectivity index is 2.28. The van der Waals surface area contributed by atoms with Crippen LogP contribution in [0, 0.1) is 0 Å². The third-order valence-electron chi connectivity index (χ3n) is 3.02. The maximum Gasteiger partial charge on any atom is 0.328 e. The lowest BCUT2D eigenvalue weighted by Gasteiger charge is -2.17. The maximum atomic E-state index is 11.4. The van der Waals surface area contributed by atoms with E-state index in [9.17, 15) is 4.79 Å². The Morgan fingerprint density at radius 2 is 2.27 bits per heavy atom. The molecule has 0 spiro atoms. The molecular formula is C11H16N2O2. The highest BCUT2D eigenvalue weighted by molar-refractivity contribution is 5.73. The van der Waals surface area contributed by atoms with Gasteiger partial charge in [0.2, 0.25) is 0 Å². The minimum atomic E-state index is -0.260. The van der Waals surface area contributed by atoms with Gasteiger partial charge in [-0.05, 0) is 32.6 Å². The normalized spacial score (nSPS) is 16.9. The highest BCUT2D eigenvalue weighted by Gasteiger charge is 2.22. The van der Waals surface area contributed by atoms with E-state index in [1.807, 2.05) is 11.5 Å². The molecule has 0 saturated heterocycles. The molecule has 1 aliphatic carbocycles. The van der Waals surface area contributed by atoms with Crippen LogP contribution in [0.4, 0.5) is 0 Å². The molecule has 0 fully saturated rings. The topological polar surface area (TPSA) is 44.1 Å². The van der Waals surface area contributed by atoms with E-state index in [0.29, 0.717) is 0 Å². The summed E-state index contributed by atoms with van der Waals surface area (Å²) in [5.41, 5.74) is 2.36. The first-order chi connectivity index (χ1) is 7.24. The number of aryl methyl sites for hydroxylation is 1. The number of carbonyl (C=O) groups excluding carboxylic acids is 1. The zero-order chi connectivity index (χ0) is 10.8. The Labute approximate surface area is 89.3 Å². The third kappa shape index (κ3) is 1.76. The summed E-state index contributed by atoms with van der Waals surface area (Å²) >= 11 is 0. The number of rotatable bonds is 2. The van der Waals surface area contributed by atoms with Gasteiger partial charge in [0.05, 0.1) is 19.1 Å². The molecule has 1 heterocycles. The summed E-state index contributed by atoms with van der Waals surface area (Å²) in [6, 6.07) is -0.260. The van der Waals surface area contributed by atoms with Gasteiger partial charge in [-0.2, -0.15) is 0 Å². The van der Waals surface area contributed by atoms with Crippen LogP contribution in [-0.4, -0.2) is 22.6 Å². The largest absolute Gasteiger partial charge is 0.467 e. The molecule has 1 aromatic rings. The van der Waals surface area contributed by atoms with Crippen molar-refractivity contribution in [1.82, 2.24) is 9.55 Å². The summed E-state index contributed by atoms with van der Waals surface area (Å²) in [7, 11) is 1.42. The number of methoxy groups -OCH3 is 1. The van der Waals surface area contributed by atoms with Crippen LogP contribution in [0.25, 0.3) is 0 Å². The zero-order valence-corrected chi connectivity index (χ0v) is 9.19. The van der Waals surface area contributed by atoms with Gasteiger partial charge in [0.15, 0.2) is 0 Å². The van der Waals surface area contributed by atoms with Crippen LogP contribution in [-0.2, 0) is 22.4 Å². The van der Waals surface area contributed by atoms with E-state index in [4.69, 9.17) is 4.74 Å². The third-order valence-corrected chi connectivity index (χ3v) is 3.02. The fourth-order valence-corrected chi connectivity index (χ4v) is 2.11. The first kappa shape index (κ1) is 10.2. The second-order valence-corrected chi connectivity index (χ2v) is 3.95. The van der Waals surface area contributed by atoms with Gasteiger partial charge in [-0.3, -0.25) is 0 Å². The second kappa shape index (κ2) is 4.04. The Morgan fingerprint density at radius 1 is 1.53 bits per heavy atom. The number of aromatic nitrogens is 2. The van der Waals surface area contributed by atoms with Crippen molar-refractivity contribution in [2.75, 3.05) is 7.11 Å². The van der Waals surface area contributed by atoms with Crippen LogP contribution in [0.5, 0.6) is 0 Å². The smallest absolute Gasteiger partial charge is 0.328 e. The lowest BCUT2D eigenvalue weighted by atomic mass is 10.0. The average molecular weight is 208 g/mol. The summed E-state index contributed by atoms with van der Waals surface area (Å²) in [6.45, 7) is 1.85. The number of fused-ring (bicyclic) bond motifs is 1. The molecule has 0 saturated carbocycles. The lowest BCUT2D eigenvalue weighted by molar-refractivity contribution is -0.144. The van der Waals surface area contributed by atoms with E-state index in [0.717, 1.165) is 18.5 Å². The first-order valence-electron chi connectivity index (χ1n) is 5.36. The number of nitrogens with zero attached hydrogens (tertiary/aromatic N) is 2. The number of hydrogen-bond acceptors (Lipinski definition) is 3. The van der Waals surface area contributed by atoms with E-state index in [1.165, 1.54) is 25.6 Å². The molecule has 0 bridgehead atoms. The summed E-state index contributed by atoms with van der Waals surface area (Å²) in [5.74, 6) is -0.208. The van der Waals surface area contributed by atoms with E-state index >= 15 is 0 Å². The molecule has 0 amide bonds. The van der Waals surface area contributed by atoms with Crippen molar-refractivity contribution in [1.29, 1.82) is 0 Å². The quantitative estimate of drug-likeness (QED) is 0.692. The van der Waals surface area contributed by atoms with E-state index in [-0.39, 0.29) is 12.0 Å². The zero-order valence-electron chi connectivity index (χ0n) is 9.19. The van der Waals surface area contributed by atoms with Crippen LogP contribution in [0.3, 0.4) is 0 Å². The maximum absolute atomic E-state index is 11.4. The Morgan fingerprint density at radius 3 is 3.00 bits per heavy atom. The van der Waals surface area contributed by atoms with E-state index < -0.39 is 0 Å². The summed E-state index contributed by atoms with van der Waals surface area (Å²) < 4.78 is 6.68. The van der Waals surface area contributed by atoms with Crippen molar-refractivity contribution in [3.63, 3.8) is 0 Å². The molecule has 1 atom stereocenters. The molecule has 1 aromatic heterocycles. The number of hydrogen-bond donors (Lipinski definition) is 0. The Bertz CT molecular complexity index is 371. The minimum Gasteiger partial charge on any atom is -0.467 e. The highest BCUT2D eigenvalue weighted by atomic mass is 16.5. The van der Waals surface area contributed by atoms with Crippen molar-refractivity contribution in [3.05, 3.63) is 17.7 Å². The fraction of sp³-hybridized carbons (Fsp3) is 0.636. The van der Waals surface area contributed by atoms with Crippen LogP contribution in [0.2, 0.25) is 0 Å². The van der Waals surface area contributed by atoms with Crippen molar-refractivity contribution >= 4 is 5.97 Å². The number of carbonyl (C=O) groups is 1. The van der Waals surface area contributed by atoms with Gasteiger partial charge >= 0.3 is 5.97 Å². The monoisotopic (exact) mass is 208 g/mol. The van der Waals surface area contributed by atoms with Crippen LogP contribution in [0.15, 0.2) is 6.33 Å². The Kier molecular flexibility index (Phi) is 2.75. The molecule has 1 unspecified atom stereocenters. The van der Waals surface area contributed by atoms with Crippen LogP contribution >= 0.6 is 0 Å². The minimum absolute atomic E-state index is 0.208. The molecule has 4 nitrogen and oxygen atoms in total. The second-order valence-electron chi connectivity index (χ2n) is 3.95. The van der Waals surface area contributed by atoms with Gasteiger partial charge in [-0.1, -0.05) is 0 Å². The van der Waals surface area contributed by atoms with E-state index in [2.05, 4.69) is 4.98 Å². The number of esters is 1. The van der Waals surface area contributed by atoms with E-state index in [1.54, 1.807) is 6.33 Å². The standard InChI is InChI=1S/C11H16N2O2/c1-8(11(14)15-2)13-7-12-9-5-3-4-6-10(9)13/h7-8H,3-6H2,1-2H3. The molecule has 82 valence electrons. The molecule has 4 heteroatoms. The molecule has 0 aromatic carbocycles. The molecule has 1 aliphatic rings. The highest BCUT2D eigenvalue weighted by Crippen LogP contribution is 2.23. The lowest BCUT2D eigenvalue weighted by Crippen LogP contribution is -2.20. The summed E-state index contributed by atoms with van der Waals surface area (Å²) in [6.07, 6.45) is 6.22. The molecule has 0 aliphatic heterocycles. The molecule has 0 radical (unpaired) electrons. The van der Waals surface area contributed by atoms with Gasteiger partial charge in [-0.25, -0.2) is 9.78 Å². The van der Waals surface area contributed by atoms with Gasteiger partial charge in [-0.15, -0.1) is 0 Å². The number of ether oxygens (including phenoxy) is 1. The molecule has 0 N–H and O–H groups in total. The van der Waals surface area contributed by atoms with Gasteiger partial charge in [0, 0.05) is 5.69 Å². The average Bonchev–Trinajstić information content (AvgIpc) is 2.70. The fourth-order valence-electron chi connectivity index (χ4n) is 2.11. The SMILES string of the molecule is COC(=O)C(C)n1cnc2c1CCCC2. The van der Waals surface area contributed by atoms with Crippen LogP contribution in [0.1, 0.15) is 37.2 Å². The Hall–Kier alpha value is -1.32.